The molecule has 0 unspecified atom stereocenters. The normalized spacial score (nSPS) is 15.9. The second-order valence-corrected chi connectivity index (χ2v) is 4.78. The van der Waals surface area contributed by atoms with E-state index in [0.717, 1.165) is 0 Å². The smallest absolute Gasteiger partial charge is 0.243 e. The molecule has 19 heavy (non-hydrogen) atoms. The maximum absolute atomic E-state index is 11.9. The molecule has 0 bridgehead atoms. The number of carbonyl (C=O) groups excluding carboxylic acids is 2. The highest BCUT2D eigenvalue weighted by molar-refractivity contribution is 6.31. The minimum absolute atomic E-state index is 0.0666. The van der Waals surface area contributed by atoms with E-state index in [2.05, 4.69) is 10.3 Å². The van der Waals surface area contributed by atoms with Crippen LogP contribution >= 0.6 is 11.6 Å². The van der Waals surface area contributed by atoms with Gasteiger partial charge in [0.15, 0.2) is 0 Å². The van der Waals surface area contributed by atoms with Gasteiger partial charge in [0.25, 0.3) is 0 Å². The van der Waals surface area contributed by atoms with E-state index in [4.69, 9.17) is 11.6 Å². The van der Waals surface area contributed by atoms with Crippen LogP contribution in [0.25, 0.3) is 0 Å². The van der Waals surface area contributed by atoms with Gasteiger partial charge >= 0.3 is 0 Å². The van der Waals surface area contributed by atoms with Crippen LogP contribution in [-0.2, 0) is 16.1 Å². The van der Waals surface area contributed by atoms with Crippen LogP contribution in [0.2, 0.25) is 5.02 Å². The van der Waals surface area contributed by atoms with E-state index in [1.807, 2.05) is 0 Å². The number of piperazine rings is 1. The molecule has 0 aromatic carbocycles. The molecule has 6 nitrogen and oxygen atoms in total. The zero-order valence-corrected chi connectivity index (χ0v) is 11.6. The molecule has 0 spiro atoms. The fraction of sp³-hybridized carbons (Fsp3) is 0.417. The molecule has 2 amide bonds. The molecule has 0 aliphatic carbocycles. The van der Waals surface area contributed by atoms with Gasteiger partial charge in [-0.05, 0) is 12.1 Å². The summed E-state index contributed by atoms with van der Waals surface area (Å²) in [6.07, 6.45) is 0. The second-order valence-electron chi connectivity index (χ2n) is 4.37. The molecule has 1 aromatic heterocycles. The number of hydrogen-bond acceptors (Lipinski definition) is 4. The van der Waals surface area contributed by atoms with Gasteiger partial charge in [-0.25, -0.2) is 4.98 Å². The van der Waals surface area contributed by atoms with Gasteiger partial charge < -0.3 is 15.1 Å². The van der Waals surface area contributed by atoms with E-state index in [1.54, 1.807) is 26.2 Å². The monoisotopic (exact) mass is 282 g/mol. The van der Waals surface area contributed by atoms with E-state index >= 15 is 0 Å². The maximum Gasteiger partial charge on any atom is 0.243 e. The molecule has 1 saturated heterocycles. The molecule has 102 valence electrons. The first-order chi connectivity index (χ1) is 9.01. The van der Waals surface area contributed by atoms with Crippen LogP contribution in [0.5, 0.6) is 0 Å². The second kappa shape index (κ2) is 5.44. The Balaban J connectivity index is 2.16. The summed E-state index contributed by atoms with van der Waals surface area (Å²) in [5.41, 5.74) is 0.583. The molecule has 0 radical (unpaired) electrons. The molecule has 7 heteroatoms. The maximum atomic E-state index is 11.9. The molecule has 1 aliphatic heterocycles. The fourth-order valence-corrected chi connectivity index (χ4v) is 1.99. The highest BCUT2D eigenvalue weighted by atomic mass is 35.5. The van der Waals surface area contributed by atoms with Crippen molar-refractivity contribution in [2.24, 2.45) is 0 Å². The van der Waals surface area contributed by atoms with Crippen molar-refractivity contribution >= 4 is 29.2 Å². The molecule has 2 heterocycles. The molecule has 1 aromatic rings. The highest BCUT2D eigenvalue weighted by Gasteiger charge is 2.28. The number of nitrogens with one attached hydrogen (secondary N) is 1. The summed E-state index contributed by atoms with van der Waals surface area (Å²) < 4.78 is 0. The number of likely N-dealkylation sites (N-methyl/N-ethyl adjacent to an activating group) is 1. The van der Waals surface area contributed by atoms with Crippen molar-refractivity contribution in [3.63, 3.8) is 0 Å². The molecule has 2 rings (SSSR count). The SMILES string of the molecule is CNc1ccc(Cl)c(CN2CC(=O)N(C)CC2=O)n1. The largest absolute Gasteiger partial charge is 0.373 e. The van der Waals surface area contributed by atoms with E-state index in [1.165, 1.54) is 9.80 Å². The van der Waals surface area contributed by atoms with Crippen LogP contribution in [0.4, 0.5) is 5.82 Å². The standard InChI is InChI=1S/C12H15ClN4O2/c1-14-10-4-3-8(13)9(15-10)5-17-7-11(18)16(2)6-12(17)19/h3-4H,5-7H2,1-2H3,(H,14,15). The number of nitrogens with zero attached hydrogens (tertiary/aromatic N) is 3. The minimum Gasteiger partial charge on any atom is -0.373 e. The number of hydrogen-bond donors (Lipinski definition) is 1. The van der Waals surface area contributed by atoms with Crippen molar-refractivity contribution in [3.05, 3.63) is 22.8 Å². The molecule has 1 N–H and O–H groups in total. The molecular weight excluding hydrogens is 268 g/mol. The summed E-state index contributed by atoms with van der Waals surface area (Å²) in [6, 6.07) is 3.47. The van der Waals surface area contributed by atoms with Crippen molar-refractivity contribution in [2.45, 2.75) is 6.54 Å². The quantitative estimate of drug-likeness (QED) is 0.881. The van der Waals surface area contributed by atoms with Gasteiger partial charge in [0, 0.05) is 14.1 Å². The first kappa shape index (κ1) is 13.6. The van der Waals surface area contributed by atoms with Crippen molar-refractivity contribution in [1.29, 1.82) is 0 Å². The Morgan fingerprint density at radius 2 is 2.05 bits per heavy atom. The zero-order valence-electron chi connectivity index (χ0n) is 10.8. The summed E-state index contributed by atoms with van der Waals surface area (Å²) in [6.45, 7) is 0.409. The Hall–Kier alpha value is -1.82. The number of halogens is 1. The summed E-state index contributed by atoms with van der Waals surface area (Å²) in [7, 11) is 3.37. The lowest BCUT2D eigenvalue weighted by atomic mass is 10.2. The Morgan fingerprint density at radius 1 is 1.32 bits per heavy atom. The lowest BCUT2D eigenvalue weighted by Gasteiger charge is -2.31. The van der Waals surface area contributed by atoms with E-state index in [-0.39, 0.29) is 31.4 Å². The van der Waals surface area contributed by atoms with E-state index in [0.29, 0.717) is 16.5 Å². The van der Waals surface area contributed by atoms with Gasteiger partial charge in [0.2, 0.25) is 11.8 Å². The number of pyridine rings is 1. The van der Waals surface area contributed by atoms with Crippen LogP contribution in [0.15, 0.2) is 12.1 Å². The van der Waals surface area contributed by atoms with Crippen molar-refractivity contribution in [3.8, 4) is 0 Å². The third-order valence-electron chi connectivity index (χ3n) is 2.99. The Kier molecular flexibility index (Phi) is 3.90. The molecule has 0 saturated carbocycles. The van der Waals surface area contributed by atoms with Gasteiger partial charge in [-0.3, -0.25) is 9.59 Å². The number of anilines is 1. The molecule has 1 fully saturated rings. The third kappa shape index (κ3) is 2.96. The summed E-state index contributed by atoms with van der Waals surface area (Å²) in [5.74, 6) is 0.489. The summed E-state index contributed by atoms with van der Waals surface area (Å²) >= 11 is 6.06. The Labute approximate surface area is 116 Å². The number of aromatic nitrogens is 1. The van der Waals surface area contributed by atoms with Gasteiger partial charge in [-0.1, -0.05) is 11.6 Å². The van der Waals surface area contributed by atoms with Crippen LogP contribution in [0, 0.1) is 0 Å². The van der Waals surface area contributed by atoms with Gasteiger partial charge in [-0.15, -0.1) is 0 Å². The topological polar surface area (TPSA) is 65.5 Å². The predicted octanol–water partition coefficient (Wildman–Crippen LogP) is 0.577. The van der Waals surface area contributed by atoms with E-state index in [9.17, 15) is 9.59 Å². The third-order valence-corrected chi connectivity index (χ3v) is 3.34. The number of rotatable bonds is 3. The highest BCUT2D eigenvalue weighted by Crippen LogP contribution is 2.19. The molecular formula is C12H15ClN4O2. The molecule has 0 atom stereocenters. The van der Waals surface area contributed by atoms with Gasteiger partial charge in [-0.2, -0.15) is 0 Å². The zero-order chi connectivity index (χ0) is 14.0. The minimum atomic E-state index is -0.102. The van der Waals surface area contributed by atoms with Crippen LogP contribution in [-0.4, -0.2) is 53.8 Å². The summed E-state index contributed by atoms with van der Waals surface area (Å²) in [5, 5.41) is 3.39. The van der Waals surface area contributed by atoms with Crippen molar-refractivity contribution in [2.75, 3.05) is 32.5 Å². The van der Waals surface area contributed by atoms with Crippen molar-refractivity contribution in [1.82, 2.24) is 14.8 Å². The summed E-state index contributed by atoms with van der Waals surface area (Å²) in [4.78, 5) is 30.7. The first-order valence-corrected chi connectivity index (χ1v) is 6.24. The van der Waals surface area contributed by atoms with Crippen LogP contribution in [0.3, 0.4) is 0 Å². The lowest BCUT2D eigenvalue weighted by Crippen LogP contribution is -2.51. The molecule has 1 aliphatic rings. The lowest BCUT2D eigenvalue weighted by molar-refractivity contribution is -0.149. The van der Waals surface area contributed by atoms with Gasteiger partial charge in [0.1, 0.15) is 12.4 Å². The Morgan fingerprint density at radius 3 is 2.74 bits per heavy atom. The number of amides is 2. The van der Waals surface area contributed by atoms with Crippen LogP contribution in [0.1, 0.15) is 5.69 Å². The first-order valence-electron chi connectivity index (χ1n) is 5.86. The fourth-order valence-electron chi connectivity index (χ4n) is 1.82. The van der Waals surface area contributed by atoms with Gasteiger partial charge in [0.05, 0.1) is 23.8 Å². The Bertz CT molecular complexity index is 520. The average molecular weight is 283 g/mol. The van der Waals surface area contributed by atoms with Crippen LogP contribution < -0.4 is 5.32 Å². The number of carbonyl (C=O) groups is 2. The van der Waals surface area contributed by atoms with Crippen molar-refractivity contribution < 1.29 is 9.59 Å². The average Bonchev–Trinajstić information content (AvgIpc) is 2.38. The van der Waals surface area contributed by atoms with E-state index < -0.39 is 0 Å². The predicted molar refractivity (Wildman–Crippen MR) is 71.8 cm³/mol.